The Bertz CT molecular complexity index is 656. The molecule has 1 aromatic rings. The Hall–Kier alpha value is -2.00. The molecule has 9 heteroatoms. The zero-order valence-electron chi connectivity index (χ0n) is 12.5. The van der Waals surface area contributed by atoms with Crippen molar-refractivity contribution in [3.63, 3.8) is 0 Å². The monoisotopic (exact) mass is 330 g/mol. The van der Waals surface area contributed by atoms with E-state index >= 15 is 0 Å². The van der Waals surface area contributed by atoms with E-state index in [9.17, 15) is 23.3 Å². The second-order valence-electron chi connectivity index (χ2n) is 5.05. The van der Waals surface area contributed by atoms with Crippen LogP contribution in [0.3, 0.4) is 0 Å². The summed E-state index contributed by atoms with van der Waals surface area (Å²) in [5.74, 6) is -0.714. The van der Waals surface area contributed by atoms with Gasteiger partial charge in [-0.05, 0) is 18.4 Å². The molecule has 0 radical (unpaired) electrons. The van der Waals surface area contributed by atoms with Crippen LogP contribution in [0.5, 0.6) is 0 Å². The van der Waals surface area contributed by atoms with Crippen LogP contribution >= 0.6 is 0 Å². The van der Waals surface area contributed by atoms with Gasteiger partial charge >= 0.3 is 5.97 Å². The highest BCUT2D eigenvalue weighted by Crippen LogP contribution is 2.23. The van der Waals surface area contributed by atoms with Crippen molar-refractivity contribution >= 4 is 21.7 Å². The molecule has 0 bridgehead atoms. The molecule has 0 aliphatic heterocycles. The third-order valence-electron chi connectivity index (χ3n) is 2.84. The number of methoxy groups -OCH3 is 1. The van der Waals surface area contributed by atoms with Gasteiger partial charge in [0.1, 0.15) is 6.04 Å². The Balaban J connectivity index is 3.18. The summed E-state index contributed by atoms with van der Waals surface area (Å²) in [5.41, 5.74) is -0.553. The molecular formula is C13H18N2O6S. The number of nitrogens with zero attached hydrogens (tertiary/aromatic N) is 1. The van der Waals surface area contributed by atoms with Crippen LogP contribution in [0, 0.1) is 16.0 Å². The van der Waals surface area contributed by atoms with E-state index in [4.69, 9.17) is 0 Å². The van der Waals surface area contributed by atoms with E-state index in [1.807, 2.05) is 13.8 Å². The molecule has 1 N–H and O–H groups in total. The van der Waals surface area contributed by atoms with Gasteiger partial charge in [0, 0.05) is 6.07 Å². The van der Waals surface area contributed by atoms with Crippen molar-refractivity contribution in [1.29, 1.82) is 0 Å². The van der Waals surface area contributed by atoms with Gasteiger partial charge in [-0.25, -0.2) is 8.42 Å². The Morgan fingerprint density at radius 3 is 2.45 bits per heavy atom. The van der Waals surface area contributed by atoms with Gasteiger partial charge in [-0.1, -0.05) is 26.0 Å². The molecule has 1 atom stereocenters. The lowest BCUT2D eigenvalue weighted by molar-refractivity contribution is -0.387. The topological polar surface area (TPSA) is 116 Å². The van der Waals surface area contributed by atoms with Crippen LogP contribution in [-0.4, -0.2) is 32.5 Å². The first-order valence-electron chi connectivity index (χ1n) is 6.52. The summed E-state index contributed by atoms with van der Waals surface area (Å²) < 4.78 is 31.4. The normalized spacial score (nSPS) is 12.9. The van der Waals surface area contributed by atoms with E-state index in [2.05, 4.69) is 9.46 Å². The molecule has 8 nitrogen and oxygen atoms in total. The van der Waals surface area contributed by atoms with Gasteiger partial charge in [0.05, 0.1) is 12.0 Å². The minimum Gasteiger partial charge on any atom is -0.468 e. The summed E-state index contributed by atoms with van der Waals surface area (Å²) >= 11 is 0. The van der Waals surface area contributed by atoms with Gasteiger partial charge in [-0.3, -0.25) is 14.9 Å². The zero-order chi connectivity index (χ0) is 16.9. The van der Waals surface area contributed by atoms with Crippen molar-refractivity contribution in [3.05, 3.63) is 34.4 Å². The Labute approximate surface area is 128 Å². The number of hydrogen-bond donors (Lipinski definition) is 1. The maximum absolute atomic E-state index is 12.3. The highest BCUT2D eigenvalue weighted by molar-refractivity contribution is 7.89. The molecule has 0 aliphatic carbocycles. The van der Waals surface area contributed by atoms with Crippen LogP contribution in [0.2, 0.25) is 0 Å². The van der Waals surface area contributed by atoms with Gasteiger partial charge in [-0.15, -0.1) is 0 Å². The molecule has 0 aromatic heterocycles. The lowest BCUT2D eigenvalue weighted by atomic mass is 10.1. The molecule has 0 unspecified atom stereocenters. The Morgan fingerprint density at radius 1 is 1.36 bits per heavy atom. The summed E-state index contributed by atoms with van der Waals surface area (Å²) in [6.45, 7) is 3.63. The van der Waals surface area contributed by atoms with Crippen molar-refractivity contribution in [2.24, 2.45) is 5.92 Å². The van der Waals surface area contributed by atoms with Gasteiger partial charge in [0.25, 0.3) is 5.69 Å². The van der Waals surface area contributed by atoms with Gasteiger partial charge in [0.15, 0.2) is 4.90 Å². The first kappa shape index (κ1) is 18.1. The lowest BCUT2D eigenvalue weighted by Crippen LogP contribution is -2.42. The Morgan fingerprint density at radius 2 is 1.95 bits per heavy atom. The molecule has 0 saturated carbocycles. The third kappa shape index (κ3) is 4.50. The van der Waals surface area contributed by atoms with Gasteiger partial charge in [0.2, 0.25) is 10.0 Å². The average molecular weight is 330 g/mol. The second kappa shape index (κ2) is 7.32. The predicted octanol–water partition coefficient (Wildman–Crippen LogP) is 1.46. The van der Waals surface area contributed by atoms with E-state index in [1.165, 1.54) is 12.1 Å². The van der Waals surface area contributed by atoms with Crippen molar-refractivity contribution in [2.75, 3.05) is 7.11 Å². The maximum Gasteiger partial charge on any atom is 0.323 e. The molecule has 0 fully saturated rings. The van der Waals surface area contributed by atoms with Crippen LogP contribution in [0.1, 0.15) is 20.3 Å². The standard InChI is InChI=1S/C13H18N2O6S/c1-9(2)8-10(13(16)21-3)14-22(19,20)12-7-5-4-6-11(12)15(17)18/h4-7,9-10,14H,8H2,1-3H3/t10-/m0/s1. The lowest BCUT2D eigenvalue weighted by Gasteiger charge is -2.18. The summed E-state index contributed by atoms with van der Waals surface area (Å²) in [4.78, 5) is 21.4. The Kier molecular flexibility index (Phi) is 6.01. The summed E-state index contributed by atoms with van der Waals surface area (Å²) in [6.07, 6.45) is 0.215. The summed E-state index contributed by atoms with van der Waals surface area (Å²) in [5, 5.41) is 10.9. The van der Waals surface area contributed by atoms with E-state index in [0.717, 1.165) is 19.2 Å². The molecule has 0 saturated heterocycles. The minimum atomic E-state index is -4.23. The molecule has 22 heavy (non-hydrogen) atoms. The van der Waals surface area contributed by atoms with E-state index in [0.29, 0.717) is 0 Å². The number of nitrogens with one attached hydrogen (secondary N) is 1. The number of nitro benzene ring substituents is 1. The molecule has 0 aliphatic rings. The first-order valence-corrected chi connectivity index (χ1v) is 8.01. The second-order valence-corrected chi connectivity index (χ2v) is 6.73. The fourth-order valence-corrected chi connectivity index (χ4v) is 3.26. The fraction of sp³-hybridized carbons (Fsp3) is 0.462. The SMILES string of the molecule is COC(=O)[C@H](CC(C)C)NS(=O)(=O)c1ccccc1[N+](=O)[O-]. The van der Waals surface area contributed by atoms with Crippen molar-refractivity contribution in [2.45, 2.75) is 31.2 Å². The van der Waals surface area contributed by atoms with Crippen LogP contribution in [0.25, 0.3) is 0 Å². The third-order valence-corrected chi connectivity index (χ3v) is 4.36. The number of carbonyl (C=O) groups is 1. The van der Waals surface area contributed by atoms with E-state index in [-0.39, 0.29) is 12.3 Å². The summed E-state index contributed by atoms with van der Waals surface area (Å²) in [7, 11) is -3.08. The molecular weight excluding hydrogens is 312 g/mol. The molecule has 122 valence electrons. The van der Waals surface area contributed by atoms with Gasteiger partial charge < -0.3 is 4.74 Å². The fourth-order valence-electron chi connectivity index (χ4n) is 1.89. The number of ether oxygens (including phenoxy) is 1. The number of carbonyl (C=O) groups excluding carboxylic acids is 1. The number of para-hydroxylation sites is 1. The molecule has 1 aromatic carbocycles. The molecule has 0 heterocycles. The van der Waals surface area contributed by atoms with Crippen LogP contribution in [0.15, 0.2) is 29.2 Å². The molecule has 0 amide bonds. The largest absolute Gasteiger partial charge is 0.468 e. The zero-order valence-corrected chi connectivity index (χ0v) is 13.3. The van der Waals surface area contributed by atoms with Crippen LogP contribution in [-0.2, 0) is 19.6 Å². The highest BCUT2D eigenvalue weighted by atomic mass is 32.2. The highest BCUT2D eigenvalue weighted by Gasteiger charge is 2.31. The quantitative estimate of drug-likeness (QED) is 0.460. The van der Waals surface area contributed by atoms with Gasteiger partial charge in [-0.2, -0.15) is 4.72 Å². The predicted molar refractivity (Wildman–Crippen MR) is 78.7 cm³/mol. The van der Waals surface area contributed by atoms with Crippen LogP contribution < -0.4 is 4.72 Å². The van der Waals surface area contributed by atoms with Crippen molar-refractivity contribution < 1.29 is 22.9 Å². The van der Waals surface area contributed by atoms with E-state index < -0.39 is 37.5 Å². The average Bonchev–Trinajstić information content (AvgIpc) is 2.45. The molecule has 1 rings (SSSR count). The number of hydrogen-bond acceptors (Lipinski definition) is 6. The minimum absolute atomic E-state index is 0.0255. The number of benzene rings is 1. The smallest absolute Gasteiger partial charge is 0.323 e. The summed E-state index contributed by atoms with van der Waals surface area (Å²) in [6, 6.07) is 3.84. The number of rotatable bonds is 7. The number of esters is 1. The number of sulfonamides is 1. The molecule has 0 spiro atoms. The van der Waals surface area contributed by atoms with Crippen LogP contribution in [0.4, 0.5) is 5.69 Å². The van der Waals surface area contributed by atoms with Crippen molar-refractivity contribution in [3.8, 4) is 0 Å². The first-order chi connectivity index (χ1) is 10.2. The van der Waals surface area contributed by atoms with Crippen molar-refractivity contribution in [1.82, 2.24) is 4.72 Å². The number of nitro groups is 1. The maximum atomic E-state index is 12.3. The van der Waals surface area contributed by atoms with E-state index in [1.54, 1.807) is 0 Å².